The SMILES string of the molecule is Nc1ccccc1CNC(=O)/C(=C\c1ccccc1)NC(=O)c1ccccc1. The summed E-state index contributed by atoms with van der Waals surface area (Å²) in [4.78, 5) is 25.3. The molecule has 0 aromatic heterocycles. The summed E-state index contributed by atoms with van der Waals surface area (Å²) in [7, 11) is 0. The number of nitrogens with one attached hydrogen (secondary N) is 2. The Morgan fingerprint density at radius 1 is 0.821 bits per heavy atom. The third-order valence-electron chi connectivity index (χ3n) is 4.13. The van der Waals surface area contributed by atoms with E-state index in [4.69, 9.17) is 5.73 Å². The van der Waals surface area contributed by atoms with Crippen molar-refractivity contribution >= 4 is 23.6 Å². The summed E-state index contributed by atoms with van der Waals surface area (Å²) in [6, 6.07) is 25.4. The van der Waals surface area contributed by atoms with Gasteiger partial charge in [-0.15, -0.1) is 0 Å². The quantitative estimate of drug-likeness (QED) is 0.459. The molecule has 5 heteroatoms. The molecule has 0 saturated carbocycles. The number of benzene rings is 3. The third-order valence-corrected chi connectivity index (χ3v) is 4.13. The van der Waals surface area contributed by atoms with Gasteiger partial charge in [0.25, 0.3) is 11.8 Å². The number of nitrogen functional groups attached to an aromatic ring is 1. The molecule has 0 unspecified atom stereocenters. The Balaban J connectivity index is 1.79. The Hall–Kier alpha value is -3.86. The van der Waals surface area contributed by atoms with Crippen LogP contribution in [-0.2, 0) is 11.3 Å². The molecule has 140 valence electrons. The lowest BCUT2D eigenvalue weighted by Gasteiger charge is -2.12. The van der Waals surface area contributed by atoms with Gasteiger partial charge in [-0.2, -0.15) is 0 Å². The second-order valence-corrected chi connectivity index (χ2v) is 6.17. The summed E-state index contributed by atoms with van der Waals surface area (Å²) in [5.74, 6) is -0.742. The van der Waals surface area contributed by atoms with Crippen LogP contribution in [0.25, 0.3) is 6.08 Å². The molecule has 3 aromatic rings. The van der Waals surface area contributed by atoms with Crippen LogP contribution in [0.15, 0.2) is 90.6 Å². The minimum atomic E-state index is -0.392. The summed E-state index contributed by atoms with van der Waals surface area (Å²) < 4.78 is 0. The molecule has 5 nitrogen and oxygen atoms in total. The summed E-state index contributed by atoms with van der Waals surface area (Å²) >= 11 is 0. The predicted molar refractivity (Wildman–Crippen MR) is 111 cm³/mol. The highest BCUT2D eigenvalue weighted by Gasteiger charge is 2.14. The van der Waals surface area contributed by atoms with Crippen LogP contribution in [0.1, 0.15) is 21.5 Å². The van der Waals surface area contributed by atoms with E-state index in [1.807, 2.05) is 54.6 Å². The van der Waals surface area contributed by atoms with Crippen LogP contribution in [-0.4, -0.2) is 11.8 Å². The second kappa shape index (κ2) is 9.19. The van der Waals surface area contributed by atoms with Crippen molar-refractivity contribution in [3.05, 3.63) is 107 Å². The first-order valence-electron chi connectivity index (χ1n) is 8.88. The first-order valence-corrected chi connectivity index (χ1v) is 8.88. The van der Waals surface area contributed by atoms with Crippen molar-refractivity contribution in [3.63, 3.8) is 0 Å². The van der Waals surface area contributed by atoms with Gasteiger partial charge in [-0.05, 0) is 35.4 Å². The lowest BCUT2D eigenvalue weighted by molar-refractivity contribution is -0.117. The summed E-state index contributed by atoms with van der Waals surface area (Å²) in [6.45, 7) is 0.263. The van der Waals surface area contributed by atoms with Crippen LogP contribution in [0.5, 0.6) is 0 Å². The summed E-state index contributed by atoms with van der Waals surface area (Å²) in [5.41, 5.74) is 8.78. The van der Waals surface area contributed by atoms with Gasteiger partial charge in [-0.3, -0.25) is 9.59 Å². The van der Waals surface area contributed by atoms with Crippen LogP contribution >= 0.6 is 0 Å². The molecule has 0 saturated heterocycles. The Kier molecular flexibility index (Phi) is 6.21. The Morgan fingerprint density at radius 3 is 2.11 bits per heavy atom. The Bertz CT molecular complexity index is 983. The van der Waals surface area contributed by atoms with Gasteiger partial charge in [0.05, 0.1) is 0 Å². The molecule has 0 aliphatic heterocycles. The Labute approximate surface area is 163 Å². The van der Waals surface area contributed by atoms with Crippen LogP contribution in [0.3, 0.4) is 0 Å². The zero-order valence-corrected chi connectivity index (χ0v) is 15.3. The van der Waals surface area contributed by atoms with Crippen LogP contribution in [0, 0.1) is 0 Å². The molecule has 0 spiro atoms. The van der Waals surface area contributed by atoms with Crippen molar-refractivity contribution in [2.24, 2.45) is 0 Å². The number of hydrogen-bond donors (Lipinski definition) is 3. The summed E-state index contributed by atoms with van der Waals surface area (Å²) in [5, 5.41) is 5.53. The third kappa shape index (κ3) is 5.08. The van der Waals surface area contributed by atoms with Gasteiger partial charge < -0.3 is 16.4 Å². The monoisotopic (exact) mass is 371 g/mol. The lowest BCUT2D eigenvalue weighted by Crippen LogP contribution is -2.34. The van der Waals surface area contributed by atoms with E-state index in [1.165, 1.54) is 0 Å². The Morgan fingerprint density at radius 2 is 1.43 bits per heavy atom. The molecule has 0 bridgehead atoms. The van der Waals surface area contributed by atoms with Gasteiger partial charge >= 0.3 is 0 Å². The maximum Gasteiger partial charge on any atom is 0.268 e. The number of anilines is 1. The van der Waals surface area contributed by atoms with Crippen molar-refractivity contribution in [2.45, 2.75) is 6.54 Å². The molecule has 0 radical (unpaired) electrons. The van der Waals surface area contributed by atoms with Crippen molar-refractivity contribution in [1.82, 2.24) is 10.6 Å². The maximum absolute atomic E-state index is 12.8. The first kappa shape index (κ1) is 18.9. The first-order chi connectivity index (χ1) is 13.6. The lowest BCUT2D eigenvalue weighted by atomic mass is 10.1. The fourth-order valence-electron chi connectivity index (χ4n) is 2.62. The molecular formula is C23H21N3O2. The van der Waals surface area contributed by atoms with Gasteiger partial charge in [0, 0.05) is 17.8 Å². The average Bonchev–Trinajstić information content (AvgIpc) is 2.74. The van der Waals surface area contributed by atoms with Crippen molar-refractivity contribution in [1.29, 1.82) is 0 Å². The van der Waals surface area contributed by atoms with Crippen molar-refractivity contribution < 1.29 is 9.59 Å². The van der Waals surface area contributed by atoms with E-state index in [0.717, 1.165) is 11.1 Å². The van der Waals surface area contributed by atoms with Crippen LogP contribution in [0.2, 0.25) is 0 Å². The maximum atomic E-state index is 12.8. The normalized spacial score (nSPS) is 10.9. The molecule has 0 atom stereocenters. The standard InChI is InChI=1S/C23H21N3O2/c24-20-14-8-7-13-19(20)16-25-23(28)21(15-17-9-3-1-4-10-17)26-22(27)18-11-5-2-6-12-18/h1-15H,16,24H2,(H,25,28)(H,26,27)/b21-15+. The average molecular weight is 371 g/mol. The van der Waals surface area contributed by atoms with Gasteiger partial charge in [0.1, 0.15) is 5.70 Å². The highest BCUT2D eigenvalue weighted by Crippen LogP contribution is 2.11. The van der Waals surface area contributed by atoms with Gasteiger partial charge in [-0.25, -0.2) is 0 Å². The van der Waals surface area contributed by atoms with E-state index in [0.29, 0.717) is 11.3 Å². The van der Waals surface area contributed by atoms with E-state index in [-0.39, 0.29) is 18.1 Å². The predicted octanol–water partition coefficient (Wildman–Crippen LogP) is 3.36. The molecule has 0 fully saturated rings. The number of amides is 2. The molecule has 3 aromatic carbocycles. The van der Waals surface area contributed by atoms with Crippen LogP contribution < -0.4 is 16.4 Å². The van der Waals surface area contributed by atoms with E-state index < -0.39 is 5.91 Å². The molecule has 3 rings (SSSR count). The number of rotatable bonds is 6. The van der Waals surface area contributed by atoms with E-state index in [9.17, 15) is 9.59 Å². The number of hydrogen-bond acceptors (Lipinski definition) is 3. The fraction of sp³-hybridized carbons (Fsp3) is 0.0435. The van der Waals surface area contributed by atoms with Crippen LogP contribution in [0.4, 0.5) is 5.69 Å². The minimum Gasteiger partial charge on any atom is -0.398 e. The number of nitrogens with two attached hydrogens (primary N) is 1. The highest BCUT2D eigenvalue weighted by atomic mass is 16.2. The zero-order valence-electron chi connectivity index (χ0n) is 15.3. The van der Waals surface area contributed by atoms with E-state index >= 15 is 0 Å². The smallest absolute Gasteiger partial charge is 0.268 e. The fourth-order valence-corrected chi connectivity index (χ4v) is 2.62. The van der Waals surface area contributed by atoms with E-state index in [2.05, 4.69) is 10.6 Å². The highest BCUT2D eigenvalue weighted by molar-refractivity contribution is 6.05. The molecule has 0 heterocycles. The van der Waals surface area contributed by atoms with Crippen molar-refractivity contribution in [2.75, 3.05) is 5.73 Å². The molecule has 2 amide bonds. The number of carbonyl (C=O) groups excluding carboxylic acids is 2. The van der Waals surface area contributed by atoms with E-state index in [1.54, 1.807) is 36.4 Å². The van der Waals surface area contributed by atoms with Gasteiger partial charge in [0.15, 0.2) is 0 Å². The topological polar surface area (TPSA) is 84.2 Å². The molecule has 0 aliphatic rings. The van der Waals surface area contributed by atoms with Gasteiger partial charge in [0.2, 0.25) is 0 Å². The molecule has 28 heavy (non-hydrogen) atoms. The molecule has 4 N–H and O–H groups in total. The second-order valence-electron chi connectivity index (χ2n) is 6.17. The molecule has 0 aliphatic carbocycles. The minimum absolute atomic E-state index is 0.162. The largest absolute Gasteiger partial charge is 0.398 e. The van der Waals surface area contributed by atoms with Gasteiger partial charge in [-0.1, -0.05) is 66.7 Å². The van der Waals surface area contributed by atoms with Crippen molar-refractivity contribution in [3.8, 4) is 0 Å². The molecular weight excluding hydrogens is 350 g/mol. The number of para-hydroxylation sites is 1. The summed E-state index contributed by atoms with van der Waals surface area (Å²) in [6.07, 6.45) is 1.64. The zero-order chi connectivity index (χ0) is 19.8. The number of carbonyl (C=O) groups is 2.